The zero-order chi connectivity index (χ0) is 12.8. The fourth-order valence-corrected chi connectivity index (χ4v) is 2.30. The van der Waals surface area contributed by atoms with Crippen LogP contribution in [0.15, 0.2) is 24.3 Å². The fraction of sp³-hybridized carbons (Fsp3) is 0.571. The van der Waals surface area contributed by atoms with Gasteiger partial charge >= 0.3 is 0 Å². The Hall–Kier alpha value is -1.26. The van der Waals surface area contributed by atoms with Crippen molar-refractivity contribution in [2.45, 2.75) is 12.8 Å². The van der Waals surface area contributed by atoms with E-state index in [0.29, 0.717) is 18.3 Å². The molecule has 4 nitrogen and oxygen atoms in total. The molecule has 1 fully saturated rings. The van der Waals surface area contributed by atoms with E-state index in [0.717, 1.165) is 26.1 Å². The molecule has 100 valence electrons. The highest BCUT2D eigenvalue weighted by Crippen LogP contribution is 2.28. The second kappa shape index (κ2) is 6.61. The molecule has 18 heavy (non-hydrogen) atoms. The third-order valence-electron chi connectivity index (χ3n) is 3.49. The highest BCUT2D eigenvalue weighted by Gasteiger charge is 2.24. The van der Waals surface area contributed by atoms with Gasteiger partial charge in [0.2, 0.25) is 0 Å². The van der Waals surface area contributed by atoms with Crippen LogP contribution in [0.2, 0.25) is 0 Å². The number of benzene rings is 1. The molecular formula is C14H20O4. The van der Waals surface area contributed by atoms with Crippen molar-refractivity contribution in [3.05, 3.63) is 24.3 Å². The van der Waals surface area contributed by atoms with Gasteiger partial charge in [-0.2, -0.15) is 0 Å². The van der Waals surface area contributed by atoms with E-state index in [1.807, 2.05) is 6.07 Å². The third-order valence-corrected chi connectivity index (χ3v) is 3.49. The van der Waals surface area contributed by atoms with Crippen LogP contribution in [0.1, 0.15) is 12.8 Å². The molecule has 0 spiro atoms. The summed E-state index contributed by atoms with van der Waals surface area (Å²) in [5.74, 6) is 1.16. The predicted octanol–water partition coefficient (Wildman–Crippen LogP) is 1.81. The van der Waals surface area contributed by atoms with Crippen LogP contribution >= 0.6 is 0 Å². The summed E-state index contributed by atoms with van der Waals surface area (Å²) in [7, 11) is 0. The normalized spacial score (nSPS) is 18.5. The number of hydrogen-bond acceptors (Lipinski definition) is 4. The molecule has 2 rings (SSSR count). The van der Waals surface area contributed by atoms with Gasteiger partial charge in [0.15, 0.2) is 11.5 Å². The lowest BCUT2D eigenvalue weighted by Gasteiger charge is -2.29. The van der Waals surface area contributed by atoms with Crippen molar-refractivity contribution >= 4 is 0 Å². The van der Waals surface area contributed by atoms with Gasteiger partial charge in [-0.1, -0.05) is 12.1 Å². The molecular weight excluding hydrogens is 232 g/mol. The lowest BCUT2D eigenvalue weighted by atomic mass is 9.87. The molecule has 1 aromatic carbocycles. The molecule has 2 N–H and O–H groups in total. The minimum Gasteiger partial charge on any atom is -0.504 e. The largest absolute Gasteiger partial charge is 0.504 e. The fourth-order valence-electron chi connectivity index (χ4n) is 2.30. The maximum atomic E-state index is 9.60. The second-order valence-electron chi connectivity index (χ2n) is 4.67. The number of para-hydroxylation sites is 2. The van der Waals surface area contributed by atoms with E-state index in [9.17, 15) is 10.2 Å². The lowest BCUT2D eigenvalue weighted by Crippen LogP contribution is -2.30. The summed E-state index contributed by atoms with van der Waals surface area (Å²) in [6, 6.07) is 6.90. The first-order chi connectivity index (χ1) is 8.81. The Morgan fingerprint density at radius 3 is 2.67 bits per heavy atom. The molecule has 0 radical (unpaired) electrons. The maximum absolute atomic E-state index is 9.60. The molecule has 1 unspecified atom stereocenters. The van der Waals surface area contributed by atoms with Gasteiger partial charge in [-0.25, -0.2) is 0 Å². The first-order valence-corrected chi connectivity index (χ1v) is 6.40. The zero-order valence-corrected chi connectivity index (χ0v) is 10.4. The van der Waals surface area contributed by atoms with Crippen molar-refractivity contribution in [1.82, 2.24) is 0 Å². The predicted molar refractivity (Wildman–Crippen MR) is 67.7 cm³/mol. The minimum atomic E-state index is 0.105. The molecule has 0 aromatic heterocycles. The number of aliphatic hydroxyl groups is 1. The number of ether oxygens (including phenoxy) is 2. The Bertz CT molecular complexity index is 361. The van der Waals surface area contributed by atoms with Crippen LogP contribution in [0.5, 0.6) is 11.5 Å². The molecule has 4 heteroatoms. The van der Waals surface area contributed by atoms with E-state index in [2.05, 4.69) is 0 Å². The molecule has 1 aliphatic heterocycles. The topological polar surface area (TPSA) is 58.9 Å². The van der Waals surface area contributed by atoms with Crippen LogP contribution in [0.3, 0.4) is 0 Å². The molecule has 1 aromatic rings. The van der Waals surface area contributed by atoms with Crippen molar-refractivity contribution < 1.29 is 19.7 Å². The van der Waals surface area contributed by atoms with Gasteiger partial charge in [-0.3, -0.25) is 0 Å². The first kappa shape index (κ1) is 13.2. The van der Waals surface area contributed by atoms with Gasteiger partial charge < -0.3 is 19.7 Å². The van der Waals surface area contributed by atoms with Crippen LogP contribution in [-0.2, 0) is 4.74 Å². The second-order valence-corrected chi connectivity index (χ2v) is 4.67. The first-order valence-electron chi connectivity index (χ1n) is 6.40. The number of phenols is 1. The molecule has 0 bridgehead atoms. The van der Waals surface area contributed by atoms with Crippen molar-refractivity contribution in [2.24, 2.45) is 11.8 Å². The Morgan fingerprint density at radius 2 is 2.00 bits per heavy atom. The van der Waals surface area contributed by atoms with Crippen molar-refractivity contribution in [2.75, 3.05) is 26.4 Å². The van der Waals surface area contributed by atoms with Gasteiger partial charge in [-0.15, -0.1) is 0 Å². The maximum Gasteiger partial charge on any atom is 0.160 e. The number of aliphatic hydroxyl groups excluding tert-OH is 1. The van der Waals surface area contributed by atoms with Crippen LogP contribution in [-0.4, -0.2) is 36.6 Å². The summed E-state index contributed by atoms with van der Waals surface area (Å²) in [5, 5.41) is 19.0. The summed E-state index contributed by atoms with van der Waals surface area (Å²) in [4.78, 5) is 0. The average molecular weight is 252 g/mol. The SMILES string of the molecule is OCC(COc1ccccc1O)C1CCOCC1. The number of rotatable bonds is 5. The Morgan fingerprint density at radius 1 is 1.28 bits per heavy atom. The standard InChI is InChI=1S/C14H20O4/c15-9-12(11-5-7-17-8-6-11)10-18-14-4-2-1-3-13(14)16/h1-4,11-12,15-16H,5-10H2. The van der Waals surface area contributed by atoms with E-state index < -0.39 is 0 Å². The summed E-state index contributed by atoms with van der Waals surface area (Å²) < 4.78 is 10.9. The van der Waals surface area contributed by atoms with Crippen molar-refractivity contribution in [3.8, 4) is 11.5 Å². The molecule has 1 saturated heterocycles. The Kier molecular flexibility index (Phi) is 4.84. The average Bonchev–Trinajstić information content (AvgIpc) is 2.42. The molecule has 1 heterocycles. The summed E-state index contributed by atoms with van der Waals surface area (Å²) >= 11 is 0. The Balaban J connectivity index is 1.88. The summed E-state index contributed by atoms with van der Waals surface area (Å²) in [6.45, 7) is 2.06. The van der Waals surface area contributed by atoms with E-state index in [-0.39, 0.29) is 18.3 Å². The van der Waals surface area contributed by atoms with E-state index >= 15 is 0 Å². The lowest BCUT2D eigenvalue weighted by molar-refractivity contribution is 0.0196. The van der Waals surface area contributed by atoms with Crippen LogP contribution < -0.4 is 4.74 Å². The van der Waals surface area contributed by atoms with E-state index in [1.54, 1.807) is 18.2 Å². The van der Waals surface area contributed by atoms with Gasteiger partial charge in [0.25, 0.3) is 0 Å². The van der Waals surface area contributed by atoms with Gasteiger partial charge in [-0.05, 0) is 30.9 Å². The van der Waals surface area contributed by atoms with Gasteiger partial charge in [0.05, 0.1) is 6.61 Å². The van der Waals surface area contributed by atoms with Crippen LogP contribution in [0, 0.1) is 11.8 Å². The molecule has 1 atom stereocenters. The molecule has 0 aliphatic carbocycles. The minimum absolute atomic E-state index is 0.105. The van der Waals surface area contributed by atoms with Crippen molar-refractivity contribution in [3.63, 3.8) is 0 Å². The number of phenolic OH excluding ortho intramolecular Hbond substituents is 1. The highest BCUT2D eigenvalue weighted by atomic mass is 16.5. The van der Waals surface area contributed by atoms with Gasteiger partial charge in [0, 0.05) is 25.7 Å². The van der Waals surface area contributed by atoms with E-state index in [1.165, 1.54) is 0 Å². The highest BCUT2D eigenvalue weighted by molar-refractivity contribution is 5.37. The monoisotopic (exact) mass is 252 g/mol. The molecule has 0 saturated carbocycles. The smallest absolute Gasteiger partial charge is 0.160 e. The van der Waals surface area contributed by atoms with E-state index in [4.69, 9.17) is 9.47 Å². The third kappa shape index (κ3) is 3.37. The number of hydrogen-bond donors (Lipinski definition) is 2. The quantitative estimate of drug-likeness (QED) is 0.839. The summed E-state index contributed by atoms with van der Waals surface area (Å²) in [6.07, 6.45) is 1.94. The zero-order valence-electron chi connectivity index (χ0n) is 10.4. The molecule has 1 aliphatic rings. The van der Waals surface area contributed by atoms with Crippen LogP contribution in [0.25, 0.3) is 0 Å². The number of aromatic hydroxyl groups is 1. The van der Waals surface area contributed by atoms with Crippen LogP contribution in [0.4, 0.5) is 0 Å². The summed E-state index contributed by atoms with van der Waals surface area (Å²) in [5.41, 5.74) is 0. The van der Waals surface area contributed by atoms with Gasteiger partial charge in [0.1, 0.15) is 0 Å². The van der Waals surface area contributed by atoms with Crippen molar-refractivity contribution in [1.29, 1.82) is 0 Å². The molecule has 0 amide bonds. The Labute approximate surface area is 107 Å².